The molecule has 1 aliphatic carbocycles. The molecule has 1 fully saturated rings. The molecule has 8 heteroatoms. The van der Waals surface area contributed by atoms with E-state index in [1.165, 1.54) is 19.5 Å². The maximum atomic E-state index is 12.7. The number of benzene rings is 2. The summed E-state index contributed by atoms with van der Waals surface area (Å²) < 4.78 is 12.3. The zero-order chi connectivity index (χ0) is 25.5. The van der Waals surface area contributed by atoms with Crippen LogP contribution in [0.25, 0.3) is 0 Å². The molecule has 1 aromatic heterocycles. The van der Waals surface area contributed by atoms with Crippen LogP contribution in [0, 0.1) is 17.2 Å². The minimum atomic E-state index is -1.89. The molecule has 2 aliphatic rings. The van der Waals surface area contributed by atoms with Crippen molar-refractivity contribution in [2.45, 2.75) is 23.2 Å². The monoisotopic (exact) mass is 487 g/mol. The fraction of sp³-hybridized carbons (Fsp3) is 0.357. The van der Waals surface area contributed by atoms with Gasteiger partial charge in [0.25, 0.3) is 0 Å². The summed E-state index contributed by atoms with van der Waals surface area (Å²) in [6, 6.07) is 18.8. The average Bonchev–Trinajstić information content (AvgIpc) is 3.28. The molecule has 5 atom stereocenters. The first-order chi connectivity index (χ1) is 17.4. The lowest BCUT2D eigenvalue weighted by molar-refractivity contribution is -0.152. The van der Waals surface area contributed by atoms with Gasteiger partial charge < -0.3 is 29.7 Å². The smallest absolute Gasteiger partial charge is 0.177 e. The third-order valence-electron chi connectivity index (χ3n) is 7.62. The van der Waals surface area contributed by atoms with E-state index in [1.807, 2.05) is 42.3 Å². The number of nitriles is 1. The predicted octanol–water partition coefficient (Wildman–Crippen LogP) is 2.14. The highest BCUT2D eigenvalue weighted by Crippen LogP contribution is 2.69. The van der Waals surface area contributed by atoms with E-state index in [9.17, 15) is 20.6 Å². The van der Waals surface area contributed by atoms with Crippen LogP contribution in [0.3, 0.4) is 0 Å². The molecule has 0 radical (unpaired) electrons. The molecule has 8 nitrogen and oxygen atoms in total. The molecule has 2 aromatic carbocycles. The van der Waals surface area contributed by atoms with E-state index >= 15 is 0 Å². The zero-order valence-corrected chi connectivity index (χ0v) is 20.2. The Labute approximate surface area is 210 Å². The minimum absolute atomic E-state index is 0.0286. The highest BCUT2D eigenvalue weighted by Gasteiger charge is 2.76. The molecule has 5 rings (SSSR count). The van der Waals surface area contributed by atoms with Gasteiger partial charge in [0.05, 0.1) is 49.4 Å². The van der Waals surface area contributed by atoms with E-state index in [1.54, 1.807) is 24.3 Å². The Morgan fingerprint density at radius 3 is 2.50 bits per heavy atom. The first kappa shape index (κ1) is 24.2. The molecular formula is C28H29N3O5. The van der Waals surface area contributed by atoms with Gasteiger partial charge in [-0.3, -0.25) is 4.98 Å². The van der Waals surface area contributed by atoms with Gasteiger partial charge in [-0.05, 0) is 30.3 Å². The van der Waals surface area contributed by atoms with Crippen molar-refractivity contribution in [1.82, 2.24) is 9.88 Å². The standard InChI is InChI=1S/C28H29N3O5/c1-31(12-13-32)17-21-24(19-6-4-3-5-7-19)28(20-10-8-18(14-29)9-11-20)27(34,26(21)33)25-22(35-2)15-30-16-23(25)36-28/h3-11,15-16,21,24,26,32-34H,12-13,17H2,1-2H3/t21-,24?,26-,27+,28+/m1/s1. The molecule has 0 spiro atoms. The molecule has 3 aromatic rings. The number of methoxy groups -OCH3 is 1. The summed E-state index contributed by atoms with van der Waals surface area (Å²) in [5.74, 6) is -0.315. The SMILES string of the molecule is COc1cncc2c1[C@]1(O)[C@H](O)[C@H](CN(C)CCO)C(c3ccccc3)[C@]1(c1ccc(C#N)cc1)O2. The van der Waals surface area contributed by atoms with Crippen molar-refractivity contribution in [2.75, 3.05) is 33.9 Å². The number of aromatic nitrogens is 1. The quantitative estimate of drug-likeness (QED) is 0.464. The lowest BCUT2D eigenvalue weighted by Crippen LogP contribution is -2.52. The molecular weight excluding hydrogens is 458 g/mol. The van der Waals surface area contributed by atoms with Gasteiger partial charge in [-0.2, -0.15) is 5.26 Å². The second-order valence-electron chi connectivity index (χ2n) is 9.49. The number of hydrogen-bond acceptors (Lipinski definition) is 8. The highest BCUT2D eigenvalue weighted by atomic mass is 16.5. The zero-order valence-electron chi connectivity index (χ0n) is 20.2. The maximum Gasteiger partial charge on any atom is 0.177 e. The Morgan fingerprint density at radius 2 is 1.86 bits per heavy atom. The van der Waals surface area contributed by atoms with Crippen molar-refractivity contribution >= 4 is 0 Å². The van der Waals surface area contributed by atoms with Crippen molar-refractivity contribution in [3.63, 3.8) is 0 Å². The summed E-state index contributed by atoms with van der Waals surface area (Å²) in [6.45, 7) is 0.782. The van der Waals surface area contributed by atoms with Crippen molar-refractivity contribution < 1.29 is 24.8 Å². The molecule has 1 saturated carbocycles. The first-order valence-electron chi connectivity index (χ1n) is 11.9. The van der Waals surface area contributed by atoms with Crippen LogP contribution in [0.15, 0.2) is 67.0 Å². The Kier molecular flexibility index (Phi) is 6.18. The third kappa shape index (κ3) is 3.32. The summed E-state index contributed by atoms with van der Waals surface area (Å²) in [4.78, 5) is 6.17. The number of fused-ring (bicyclic) bond motifs is 3. The Balaban J connectivity index is 1.81. The van der Waals surface area contributed by atoms with E-state index in [2.05, 4.69) is 11.1 Å². The van der Waals surface area contributed by atoms with Gasteiger partial charge in [-0.15, -0.1) is 0 Å². The molecule has 0 amide bonds. The molecule has 3 N–H and O–H groups in total. The molecule has 1 aliphatic heterocycles. The summed E-state index contributed by atoms with van der Waals surface area (Å²) in [5.41, 5.74) is -0.991. The number of pyridine rings is 1. The normalized spacial score (nSPS) is 28.3. The largest absolute Gasteiger partial charge is 0.495 e. The van der Waals surface area contributed by atoms with Crippen LogP contribution in [-0.4, -0.2) is 65.2 Å². The van der Waals surface area contributed by atoms with Crippen molar-refractivity contribution in [1.29, 1.82) is 5.26 Å². The van der Waals surface area contributed by atoms with Gasteiger partial charge in [-0.1, -0.05) is 42.5 Å². The van der Waals surface area contributed by atoms with Crippen LogP contribution < -0.4 is 9.47 Å². The number of ether oxygens (including phenoxy) is 2. The number of hydrogen-bond donors (Lipinski definition) is 3. The number of aliphatic hydroxyl groups excluding tert-OH is 2. The molecule has 0 bridgehead atoms. The van der Waals surface area contributed by atoms with Crippen molar-refractivity contribution in [2.24, 2.45) is 5.92 Å². The van der Waals surface area contributed by atoms with E-state index in [0.29, 0.717) is 41.3 Å². The topological polar surface area (TPSA) is 119 Å². The fourth-order valence-electron chi connectivity index (χ4n) is 6.15. The van der Waals surface area contributed by atoms with Gasteiger partial charge in [0, 0.05) is 24.9 Å². The molecule has 186 valence electrons. The van der Waals surface area contributed by atoms with E-state index < -0.39 is 29.1 Å². The van der Waals surface area contributed by atoms with Crippen LogP contribution in [0.5, 0.6) is 11.5 Å². The molecule has 2 heterocycles. The van der Waals surface area contributed by atoms with Crippen LogP contribution in [-0.2, 0) is 11.2 Å². The second kappa shape index (κ2) is 9.19. The molecule has 1 unspecified atom stereocenters. The van der Waals surface area contributed by atoms with Crippen LogP contribution >= 0.6 is 0 Å². The van der Waals surface area contributed by atoms with Crippen molar-refractivity contribution in [3.05, 3.63) is 89.2 Å². The Hall–Kier alpha value is -3.48. The summed E-state index contributed by atoms with van der Waals surface area (Å²) in [7, 11) is 3.36. The minimum Gasteiger partial charge on any atom is -0.495 e. The van der Waals surface area contributed by atoms with Gasteiger partial charge in [0.15, 0.2) is 11.2 Å². The fourth-order valence-corrected chi connectivity index (χ4v) is 6.15. The van der Waals surface area contributed by atoms with Gasteiger partial charge in [0.1, 0.15) is 11.5 Å². The predicted molar refractivity (Wildman–Crippen MR) is 131 cm³/mol. The Bertz CT molecular complexity index is 1280. The molecule has 0 saturated heterocycles. The second-order valence-corrected chi connectivity index (χ2v) is 9.49. The maximum absolute atomic E-state index is 12.7. The van der Waals surface area contributed by atoms with E-state index in [-0.39, 0.29) is 6.61 Å². The van der Waals surface area contributed by atoms with Crippen LogP contribution in [0.1, 0.15) is 28.2 Å². The number of aliphatic hydroxyl groups is 3. The summed E-state index contributed by atoms with van der Waals surface area (Å²) in [5, 5.41) is 43.6. The van der Waals surface area contributed by atoms with Gasteiger partial charge in [0.2, 0.25) is 0 Å². The Morgan fingerprint density at radius 1 is 1.14 bits per heavy atom. The lowest BCUT2D eigenvalue weighted by Gasteiger charge is -2.41. The summed E-state index contributed by atoms with van der Waals surface area (Å²) in [6.07, 6.45) is 1.78. The van der Waals surface area contributed by atoms with Gasteiger partial charge >= 0.3 is 0 Å². The average molecular weight is 488 g/mol. The summed E-state index contributed by atoms with van der Waals surface area (Å²) >= 11 is 0. The number of likely N-dealkylation sites (N-methyl/N-ethyl adjacent to an activating group) is 1. The first-order valence-corrected chi connectivity index (χ1v) is 11.9. The number of nitrogens with zero attached hydrogens (tertiary/aromatic N) is 3. The van der Waals surface area contributed by atoms with E-state index in [4.69, 9.17) is 9.47 Å². The molecule has 36 heavy (non-hydrogen) atoms. The van der Waals surface area contributed by atoms with Crippen molar-refractivity contribution in [3.8, 4) is 17.6 Å². The highest BCUT2D eigenvalue weighted by molar-refractivity contribution is 5.59. The van der Waals surface area contributed by atoms with Crippen LogP contribution in [0.2, 0.25) is 0 Å². The lowest BCUT2D eigenvalue weighted by atomic mass is 9.70. The third-order valence-corrected chi connectivity index (χ3v) is 7.62. The van der Waals surface area contributed by atoms with Gasteiger partial charge in [-0.25, -0.2) is 0 Å². The number of rotatable bonds is 7. The van der Waals surface area contributed by atoms with E-state index in [0.717, 1.165) is 5.56 Å². The van der Waals surface area contributed by atoms with Crippen LogP contribution in [0.4, 0.5) is 0 Å².